The van der Waals surface area contributed by atoms with E-state index in [2.05, 4.69) is 5.32 Å². The largest absolute Gasteiger partial charge is 0.402 e. The van der Waals surface area contributed by atoms with Gasteiger partial charge in [0, 0.05) is 25.0 Å². The summed E-state index contributed by atoms with van der Waals surface area (Å²) in [6.07, 6.45) is -3.83. The van der Waals surface area contributed by atoms with Crippen LogP contribution in [0.15, 0.2) is 29.3 Å². The number of hydrogen-bond donors (Lipinski definition) is 2. The lowest BCUT2D eigenvalue weighted by Crippen LogP contribution is -2.33. The number of sulfonamides is 1. The Bertz CT molecular complexity index is 965. The Morgan fingerprint density at radius 3 is 2.41 bits per heavy atom. The molecule has 0 aliphatic heterocycles. The standard InChI is InChI=1S/C14H11ClF5N3O3S/c1-23-5-8(27(25,26)21-6-14(18,19)20)4-11(23)13(24)22-7-2-9(15)12(17)10(16)3-7/h2-5,21H,6H2,1H3,(H,22,24). The van der Waals surface area contributed by atoms with Gasteiger partial charge in [-0.1, -0.05) is 11.6 Å². The molecule has 0 spiro atoms. The van der Waals surface area contributed by atoms with Crippen LogP contribution in [0, 0.1) is 11.6 Å². The summed E-state index contributed by atoms with van der Waals surface area (Å²) in [5.74, 6) is -3.54. The highest BCUT2D eigenvalue weighted by Gasteiger charge is 2.31. The van der Waals surface area contributed by atoms with Gasteiger partial charge in [0.05, 0.1) is 5.02 Å². The number of aryl methyl sites for hydroxylation is 1. The fourth-order valence-corrected chi connectivity index (χ4v) is 3.28. The maximum absolute atomic E-state index is 13.3. The number of carbonyl (C=O) groups excluding carboxylic acids is 1. The number of carbonyl (C=O) groups is 1. The first-order chi connectivity index (χ1) is 12.3. The molecule has 1 aromatic heterocycles. The van der Waals surface area contributed by atoms with Crippen molar-refractivity contribution in [1.29, 1.82) is 0 Å². The normalized spacial score (nSPS) is 12.3. The van der Waals surface area contributed by atoms with Gasteiger partial charge in [-0.2, -0.15) is 13.2 Å². The third-order valence-electron chi connectivity index (χ3n) is 3.23. The zero-order chi connectivity index (χ0) is 20.6. The van der Waals surface area contributed by atoms with E-state index < -0.39 is 50.2 Å². The van der Waals surface area contributed by atoms with Crippen LogP contribution in [-0.4, -0.2) is 31.6 Å². The molecule has 0 radical (unpaired) electrons. The van der Waals surface area contributed by atoms with E-state index in [4.69, 9.17) is 11.6 Å². The number of anilines is 1. The van der Waals surface area contributed by atoms with Crippen molar-refractivity contribution in [3.05, 3.63) is 46.7 Å². The number of amides is 1. The molecule has 0 aliphatic carbocycles. The Morgan fingerprint density at radius 1 is 1.22 bits per heavy atom. The van der Waals surface area contributed by atoms with Crippen LogP contribution in [0.5, 0.6) is 0 Å². The van der Waals surface area contributed by atoms with Crippen molar-refractivity contribution in [2.45, 2.75) is 11.1 Å². The predicted octanol–water partition coefficient (Wildman–Crippen LogP) is 3.05. The van der Waals surface area contributed by atoms with Crippen LogP contribution in [0.25, 0.3) is 0 Å². The second-order valence-corrected chi connectivity index (χ2v) is 7.49. The van der Waals surface area contributed by atoms with Crippen LogP contribution >= 0.6 is 11.6 Å². The van der Waals surface area contributed by atoms with Crippen molar-refractivity contribution in [2.75, 3.05) is 11.9 Å². The highest BCUT2D eigenvalue weighted by atomic mass is 35.5. The molecule has 2 rings (SSSR count). The first-order valence-corrected chi connectivity index (χ1v) is 8.85. The van der Waals surface area contributed by atoms with Crippen LogP contribution < -0.4 is 10.0 Å². The zero-order valence-electron chi connectivity index (χ0n) is 13.4. The molecular formula is C14H11ClF5N3O3S. The Balaban J connectivity index is 2.24. The lowest BCUT2D eigenvalue weighted by atomic mass is 10.3. The summed E-state index contributed by atoms with van der Waals surface area (Å²) in [6, 6.07) is 2.42. The fourth-order valence-electron chi connectivity index (χ4n) is 1.99. The zero-order valence-corrected chi connectivity index (χ0v) is 14.9. The van der Waals surface area contributed by atoms with Crippen LogP contribution in [0.1, 0.15) is 10.5 Å². The summed E-state index contributed by atoms with van der Waals surface area (Å²) in [4.78, 5) is 11.6. The molecule has 27 heavy (non-hydrogen) atoms. The summed E-state index contributed by atoms with van der Waals surface area (Å²) in [6.45, 7) is -1.78. The Kier molecular flexibility index (Phi) is 5.82. The van der Waals surface area contributed by atoms with E-state index in [0.29, 0.717) is 6.07 Å². The Morgan fingerprint density at radius 2 is 1.85 bits per heavy atom. The van der Waals surface area contributed by atoms with Crippen LogP contribution in [0.3, 0.4) is 0 Å². The minimum atomic E-state index is -4.76. The monoisotopic (exact) mass is 431 g/mol. The highest BCUT2D eigenvalue weighted by molar-refractivity contribution is 7.89. The number of hydrogen-bond acceptors (Lipinski definition) is 3. The smallest absolute Gasteiger partial charge is 0.345 e. The van der Waals surface area contributed by atoms with Crippen molar-refractivity contribution in [3.63, 3.8) is 0 Å². The van der Waals surface area contributed by atoms with E-state index >= 15 is 0 Å². The number of aromatic nitrogens is 1. The molecule has 0 bridgehead atoms. The van der Waals surface area contributed by atoms with Gasteiger partial charge in [-0.15, -0.1) is 0 Å². The number of nitrogens with zero attached hydrogens (tertiary/aromatic N) is 1. The average molecular weight is 432 g/mol. The quantitative estimate of drug-likeness (QED) is 0.564. The van der Waals surface area contributed by atoms with Gasteiger partial charge in [0.25, 0.3) is 5.91 Å². The van der Waals surface area contributed by atoms with E-state index in [1.165, 1.54) is 11.8 Å². The molecule has 0 aliphatic rings. The van der Waals surface area contributed by atoms with Crippen molar-refractivity contribution >= 4 is 33.2 Å². The van der Waals surface area contributed by atoms with Crippen molar-refractivity contribution in [2.24, 2.45) is 7.05 Å². The van der Waals surface area contributed by atoms with Gasteiger partial charge >= 0.3 is 6.18 Å². The van der Waals surface area contributed by atoms with E-state index in [0.717, 1.165) is 22.9 Å². The SMILES string of the molecule is Cn1cc(S(=O)(=O)NCC(F)(F)F)cc1C(=O)Nc1cc(F)c(F)c(Cl)c1. The van der Waals surface area contributed by atoms with E-state index in [9.17, 15) is 35.2 Å². The molecule has 13 heteroatoms. The maximum atomic E-state index is 13.3. The summed E-state index contributed by atoms with van der Waals surface area (Å²) in [5, 5.41) is 1.60. The van der Waals surface area contributed by atoms with E-state index in [-0.39, 0.29) is 11.4 Å². The van der Waals surface area contributed by atoms with Crippen LogP contribution in [-0.2, 0) is 17.1 Å². The molecule has 0 saturated carbocycles. The van der Waals surface area contributed by atoms with Gasteiger partial charge in [0.2, 0.25) is 10.0 Å². The molecule has 0 saturated heterocycles. The van der Waals surface area contributed by atoms with Gasteiger partial charge in [-0.05, 0) is 12.1 Å². The third-order valence-corrected chi connectivity index (χ3v) is 4.87. The third kappa shape index (κ3) is 5.17. The molecule has 1 amide bonds. The molecule has 2 N–H and O–H groups in total. The minimum absolute atomic E-state index is 0.204. The van der Waals surface area contributed by atoms with Gasteiger partial charge in [0.15, 0.2) is 11.6 Å². The summed E-state index contributed by atoms with van der Waals surface area (Å²) in [7, 11) is -3.25. The highest BCUT2D eigenvalue weighted by Crippen LogP contribution is 2.24. The average Bonchev–Trinajstić information content (AvgIpc) is 2.93. The predicted molar refractivity (Wildman–Crippen MR) is 86.0 cm³/mol. The first-order valence-electron chi connectivity index (χ1n) is 6.99. The number of rotatable bonds is 5. The van der Waals surface area contributed by atoms with Gasteiger partial charge in [-0.25, -0.2) is 21.9 Å². The summed E-state index contributed by atoms with van der Waals surface area (Å²) in [5.41, 5.74) is -0.465. The molecular weight excluding hydrogens is 421 g/mol. The summed E-state index contributed by atoms with van der Waals surface area (Å²) >= 11 is 5.46. The Hall–Kier alpha value is -2.18. The topological polar surface area (TPSA) is 80.2 Å². The number of nitrogens with one attached hydrogen (secondary N) is 2. The van der Waals surface area contributed by atoms with Gasteiger partial charge < -0.3 is 9.88 Å². The van der Waals surface area contributed by atoms with Crippen LogP contribution in [0.4, 0.5) is 27.6 Å². The van der Waals surface area contributed by atoms with Gasteiger partial charge in [0.1, 0.15) is 17.1 Å². The van der Waals surface area contributed by atoms with Crippen molar-refractivity contribution in [3.8, 4) is 0 Å². The van der Waals surface area contributed by atoms with E-state index in [1.807, 2.05) is 0 Å². The number of halogens is 6. The fraction of sp³-hybridized carbons (Fsp3) is 0.214. The van der Waals surface area contributed by atoms with E-state index in [1.54, 1.807) is 0 Å². The van der Waals surface area contributed by atoms with Crippen molar-refractivity contribution < 1.29 is 35.2 Å². The molecule has 0 fully saturated rings. The second kappa shape index (κ2) is 7.44. The maximum Gasteiger partial charge on any atom is 0.402 e. The summed E-state index contributed by atoms with van der Waals surface area (Å²) < 4.78 is 89.2. The molecule has 1 aromatic carbocycles. The number of alkyl halides is 3. The molecule has 2 aromatic rings. The molecule has 6 nitrogen and oxygen atoms in total. The first kappa shape index (κ1) is 21.1. The molecule has 1 heterocycles. The molecule has 0 atom stereocenters. The lowest BCUT2D eigenvalue weighted by Gasteiger charge is -2.07. The second-order valence-electron chi connectivity index (χ2n) is 5.32. The van der Waals surface area contributed by atoms with Crippen LogP contribution in [0.2, 0.25) is 5.02 Å². The Labute approximate surface area is 155 Å². The van der Waals surface area contributed by atoms with Crippen molar-refractivity contribution in [1.82, 2.24) is 9.29 Å². The van der Waals surface area contributed by atoms with Gasteiger partial charge in [-0.3, -0.25) is 4.79 Å². The lowest BCUT2D eigenvalue weighted by molar-refractivity contribution is -0.121. The number of benzene rings is 1. The minimum Gasteiger partial charge on any atom is -0.345 e. The molecule has 148 valence electrons. The molecule has 0 unspecified atom stereocenters.